The second-order valence-corrected chi connectivity index (χ2v) is 7.57. The van der Waals surface area contributed by atoms with Gasteiger partial charge in [-0.2, -0.15) is 0 Å². The van der Waals surface area contributed by atoms with Gasteiger partial charge >= 0.3 is 0 Å². The molecule has 5 rings (SSSR count). The lowest BCUT2D eigenvalue weighted by atomic mass is 9.67. The zero-order valence-corrected chi connectivity index (χ0v) is 14.6. The molecular formula is C22H26N2O. The smallest absolute Gasteiger partial charge is 0.232 e. The van der Waals surface area contributed by atoms with E-state index in [1.54, 1.807) is 0 Å². The van der Waals surface area contributed by atoms with Crippen molar-refractivity contribution in [2.24, 2.45) is 11.7 Å². The molecule has 0 spiro atoms. The third-order valence-electron chi connectivity index (χ3n) is 6.27. The number of rotatable bonds is 5. The van der Waals surface area contributed by atoms with Crippen LogP contribution in [0.1, 0.15) is 36.8 Å². The SMILES string of the molecule is NC(=O)C(CC1CC2CCN1CC2)(c1ccccc1)c1ccccc1. The number of amides is 1. The van der Waals surface area contributed by atoms with Crippen molar-refractivity contribution in [3.63, 3.8) is 0 Å². The fourth-order valence-corrected chi connectivity index (χ4v) is 4.89. The maximum Gasteiger partial charge on any atom is 0.232 e. The molecular weight excluding hydrogens is 308 g/mol. The zero-order valence-electron chi connectivity index (χ0n) is 14.6. The van der Waals surface area contributed by atoms with E-state index in [9.17, 15) is 4.79 Å². The highest BCUT2D eigenvalue weighted by Crippen LogP contribution is 2.42. The van der Waals surface area contributed by atoms with Gasteiger partial charge in [-0.1, -0.05) is 60.7 Å². The average molecular weight is 334 g/mol. The van der Waals surface area contributed by atoms with Gasteiger partial charge in [-0.05, 0) is 55.8 Å². The molecule has 3 aliphatic heterocycles. The summed E-state index contributed by atoms with van der Waals surface area (Å²) in [4.78, 5) is 15.5. The van der Waals surface area contributed by atoms with Crippen LogP contribution in [0.5, 0.6) is 0 Å². The highest BCUT2D eigenvalue weighted by molar-refractivity contribution is 5.90. The van der Waals surface area contributed by atoms with Crippen molar-refractivity contribution < 1.29 is 4.79 Å². The topological polar surface area (TPSA) is 46.3 Å². The lowest BCUT2D eigenvalue weighted by Crippen LogP contribution is -2.54. The van der Waals surface area contributed by atoms with Crippen LogP contribution in [0.3, 0.4) is 0 Å². The Bertz CT molecular complexity index is 681. The summed E-state index contributed by atoms with van der Waals surface area (Å²) in [5.74, 6) is 0.569. The third-order valence-corrected chi connectivity index (χ3v) is 6.27. The molecule has 25 heavy (non-hydrogen) atoms. The second kappa shape index (κ2) is 6.64. The van der Waals surface area contributed by atoms with E-state index >= 15 is 0 Å². The highest BCUT2D eigenvalue weighted by Gasteiger charge is 2.45. The fraction of sp³-hybridized carbons (Fsp3) is 0.409. The van der Waals surface area contributed by atoms with Crippen molar-refractivity contribution in [2.75, 3.05) is 13.1 Å². The van der Waals surface area contributed by atoms with Gasteiger partial charge in [0.2, 0.25) is 5.91 Å². The molecule has 0 aromatic heterocycles. The van der Waals surface area contributed by atoms with Crippen LogP contribution in [-0.4, -0.2) is 29.9 Å². The van der Waals surface area contributed by atoms with E-state index in [0.29, 0.717) is 6.04 Å². The average Bonchev–Trinajstić information content (AvgIpc) is 2.68. The minimum atomic E-state index is -0.759. The first-order valence-corrected chi connectivity index (χ1v) is 9.35. The van der Waals surface area contributed by atoms with E-state index in [1.165, 1.54) is 19.3 Å². The molecule has 3 nitrogen and oxygen atoms in total. The van der Waals surface area contributed by atoms with Crippen LogP contribution in [-0.2, 0) is 10.2 Å². The van der Waals surface area contributed by atoms with Gasteiger partial charge in [-0.15, -0.1) is 0 Å². The Morgan fingerprint density at radius 1 is 0.960 bits per heavy atom. The summed E-state index contributed by atoms with van der Waals surface area (Å²) in [7, 11) is 0. The third kappa shape index (κ3) is 2.87. The summed E-state index contributed by atoms with van der Waals surface area (Å²) in [6.07, 6.45) is 4.56. The minimum absolute atomic E-state index is 0.243. The molecule has 1 atom stereocenters. The number of fused-ring (bicyclic) bond motifs is 3. The normalized spacial score (nSPS) is 25.7. The van der Waals surface area contributed by atoms with Crippen LogP contribution in [0, 0.1) is 5.92 Å². The Hall–Kier alpha value is -2.13. The molecule has 3 heterocycles. The summed E-state index contributed by atoms with van der Waals surface area (Å²) >= 11 is 0. The number of piperidine rings is 3. The van der Waals surface area contributed by atoms with E-state index in [2.05, 4.69) is 4.90 Å². The summed E-state index contributed by atoms with van der Waals surface area (Å²) in [6.45, 7) is 2.32. The number of hydrogen-bond donors (Lipinski definition) is 1. The van der Waals surface area contributed by atoms with Crippen LogP contribution in [0.4, 0.5) is 0 Å². The Morgan fingerprint density at radius 3 is 1.88 bits per heavy atom. The van der Waals surface area contributed by atoms with E-state index in [1.807, 2.05) is 60.7 Å². The standard InChI is InChI=1S/C22H26N2O/c23-21(25)22(18-7-3-1-4-8-18,19-9-5-2-6-10-19)16-20-15-17-11-13-24(20)14-12-17/h1-10,17,20H,11-16H2,(H2,23,25). The van der Waals surface area contributed by atoms with E-state index in [0.717, 1.165) is 36.6 Å². The Balaban J connectivity index is 1.79. The van der Waals surface area contributed by atoms with E-state index in [-0.39, 0.29) is 5.91 Å². The van der Waals surface area contributed by atoms with Crippen LogP contribution in [0.15, 0.2) is 60.7 Å². The lowest BCUT2D eigenvalue weighted by molar-refractivity contribution is -0.123. The molecule has 0 saturated carbocycles. The molecule has 0 radical (unpaired) electrons. The monoisotopic (exact) mass is 334 g/mol. The number of carbonyl (C=O) groups is 1. The molecule has 3 saturated heterocycles. The number of nitrogens with two attached hydrogens (primary N) is 1. The number of hydrogen-bond acceptors (Lipinski definition) is 2. The molecule has 2 N–H and O–H groups in total. The summed E-state index contributed by atoms with van der Waals surface area (Å²) in [6, 6.07) is 20.6. The first kappa shape index (κ1) is 16.3. The summed E-state index contributed by atoms with van der Waals surface area (Å²) < 4.78 is 0. The molecule has 2 aromatic rings. The van der Waals surface area contributed by atoms with Gasteiger partial charge in [0, 0.05) is 6.04 Å². The largest absolute Gasteiger partial charge is 0.369 e. The molecule has 2 aromatic carbocycles. The summed E-state index contributed by atoms with van der Waals surface area (Å²) in [5, 5.41) is 0. The number of carbonyl (C=O) groups excluding carboxylic acids is 1. The second-order valence-electron chi connectivity index (χ2n) is 7.57. The van der Waals surface area contributed by atoms with Gasteiger partial charge in [0.15, 0.2) is 0 Å². The Kier molecular flexibility index (Phi) is 4.34. The Labute approximate surface area is 149 Å². The predicted molar refractivity (Wildman–Crippen MR) is 100 cm³/mol. The van der Waals surface area contributed by atoms with Crippen molar-refractivity contribution in [3.8, 4) is 0 Å². The maximum atomic E-state index is 12.9. The Morgan fingerprint density at radius 2 is 1.48 bits per heavy atom. The number of benzene rings is 2. The van der Waals surface area contributed by atoms with Gasteiger partial charge < -0.3 is 10.6 Å². The van der Waals surface area contributed by atoms with Crippen LogP contribution < -0.4 is 5.73 Å². The first-order chi connectivity index (χ1) is 12.2. The van der Waals surface area contributed by atoms with Gasteiger partial charge in [-0.25, -0.2) is 0 Å². The van der Waals surface area contributed by atoms with Gasteiger partial charge in [-0.3, -0.25) is 4.79 Å². The molecule has 130 valence electrons. The molecule has 3 fully saturated rings. The van der Waals surface area contributed by atoms with Gasteiger partial charge in [0.05, 0.1) is 0 Å². The van der Waals surface area contributed by atoms with E-state index in [4.69, 9.17) is 5.73 Å². The van der Waals surface area contributed by atoms with E-state index < -0.39 is 5.41 Å². The fourth-order valence-electron chi connectivity index (χ4n) is 4.89. The molecule has 3 heteroatoms. The first-order valence-electron chi connectivity index (χ1n) is 9.35. The highest BCUT2D eigenvalue weighted by atomic mass is 16.1. The molecule has 1 unspecified atom stereocenters. The van der Waals surface area contributed by atoms with Crippen molar-refractivity contribution >= 4 is 5.91 Å². The van der Waals surface area contributed by atoms with Gasteiger partial charge in [0.25, 0.3) is 0 Å². The molecule has 2 bridgehead atoms. The molecule has 1 amide bonds. The summed E-state index contributed by atoms with van der Waals surface area (Å²) in [5.41, 5.74) is 7.36. The molecule has 3 aliphatic rings. The zero-order chi connectivity index (χ0) is 17.3. The quantitative estimate of drug-likeness (QED) is 0.911. The lowest BCUT2D eigenvalue weighted by Gasteiger charge is -2.48. The van der Waals surface area contributed by atoms with Crippen molar-refractivity contribution in [2.45, 2.75) is 37.1 Å². The number of nitrogens with zero attached hydrogens (tertiary/aromatic N) is 1. The van der Waals surface area contributed by atoms with Crippen LogP contribution >= 0.6 is 0 Å². The maximum absolute atomic E-state index is 12.9. The minimum Gasteiger partial charge on any atom is -0.369 e. The van der Waals surface area contributed by atoms with Crippen molar-refractivity contribution in [1.82, 2.24) is 4.90 Å². The van der Waals surface area contributed by atoms with Gasteiger partial charge in [0.1, 0.15) is 5.41 Å². The van der Waals surface area contributed by atoms with Crippen molar-refractivity contribution in [3.05, 3.63) is 71.8 Å². The van der Waals surface area contributed by atoms with Crippen molar-refractivity contribution in [1.29, 1.82) is 0 Å². The molecule has 0 aliphatic carbocycles. The predicted octanol–water partition coefficient (Wildman–Crippen LogP) is 3.33. The number of primary amides is 1. The van der Waals surface area contributed by atoms with Crippen LogP contribution in [0.25, 0.3) is 0 Å². The van der Waals surface area contributed by atoms with Crippen LogP contribution in [0.2, 0.25) is 0 Å².